The first-order valence-electron chi connectivity index (χ1n) is 6.25. The predicted molar refractivity (Wildman–Crippen MR) is 64.4 cm³/mol. The lowest BCUT2D eigenvalue weighted by atomic mass is 9.90. The largest absolute Gasteiger partial charge is 0.480 e. The Morgan fingerprint density at radius 3 is 2.71 bits per heavy atom. The number of aliphatic carboxylic acids is 1. The van der Waals surface area contributed by atoms with Crippen LogP contribution in [0.5, 0.6) is 0 Å². The average Bonchev–Trinajstić information content (AvgIpc) is 2.27. The highest BCUT2D eigenvalue weighted by Gasteiger charge is 2.36. The Morgan fingerprint density at radius 1 is 1.53 bits per heavy atom. The summed E-state index contributed by atoms with van der Waals surface area (Å²) in [7, 11) is 0. The van der Waals surface area contributed by atoms with Crippen LogP contribution in [0.3, 0.4) is 0 Å². The standard InChI is InChI=1S/C12H22N2O3/c1-3-9(13)7-10(15)14-6-4-5-8(2)11(14)12(16)17/h8-9,11H,3-7,13H2,1-2H3,(H,16,17). The van der Waals surface area contributed by atoms with E-state index in [9.17, 15) is 14.7 Å². The molecule has 0 spiro atoms. The molecule has 0 aliphatic carbocycles. The van der Waals surface area contributed by atoms with Gasteiger partial charge in [0, 0.05) is 19.0 Å². The highest BCUT2D eigenvalue weighted by molar-refractivity contribution is 5.84. The number of carboxylic acids is 1. The summed E-state index contributed by atoms with van der Waals surface area (Å²) < 4.78 is 0. The topological polar surface area (TPSA) is 83.6 Å². The summed E-state index contributed by atoms with van der Waals surface area (Å²) >= 11 is 0. The number of hydrogen-bond donors (Lipinski definition) is 2. The van der Waals surface area contributed by atoms with E-state index in [-0.39, 0.29) is 24.3 Å². The molecule has 0 bridgehead atoms. The molecule has 3 unspecified atom stereocenters. The Hall–Kier alpha value is -1.10. The number of carbonyl (C=O) groups is 2. The second-order valence-electron chi connectivity index (χ2n) is 4.86. The van der Waals surface area contributed by atoms with Gasteiger partial charge in [-0.25, -0.2) is 4.79 Å². The van der Waals surface area contributed by atoms with Gasteiger partial charge in [0.05, 0.1) is 0 Å². The molecule has 17 heavy (non-hydrogen) atoms. The molecule has 98 valence electrons. The molecule has 5 nitrogen and oxygen atoms in total. The maximum atomic E-state index is 12.0. The number of carbonyl (C=O) groups excluding carboxylic acids is 1. The van der Waals surface area contributed by atoms with Crippen molar-refractivity contribution in [1.82, 2.24) is 4.90 Å². The zero-order valence-electron chi connectivity index (χ0n) is 10.6. The van der Waals surface area contributed by atoms with Gasteiger partial charge in [-0.05, 0) is 25.2 Å². The number of nitrogens with zero attached hydrogens (tertiary/aromatic N) is 1. The molecule has 0 aromatic heterocycles. The van der Waals surface area contributed by atoms with Gasteiger partial charge in [-0.3, -0.25) is 4.79 Å². The van der Waals surface area contributed by atoms with E-state index in [1.165, 1.54) is 4.90 Å². The number of rotatable bonds is 4. The average molecular weight is 242 g/mol. The van der Waals surface area contributed by atoms with Crippen LogP contribution < -0.4 is 5.73 Å². The number of piperidine rings is 1. The van der Waals surface area contributed by atoms with Crippen molar-refractivity contribution < 1.29 is 14.7 Å². The highest BCUT2D eigenvalue weighted by Crippen LogP contribution is 2.24. The van der Waals surface area contributed by atoms with Crippen LogP contribution in [0.2, 0.25) is 0 Å². The van der Waals surface area contributed by atoms with Crippen molar-refractivity contribution in [2.75, 3.05) is 6.54 Å². The summed E-state index contributed by atoms with van der Waals surface area (Å²) in [6.45, 7) is 4.35. The molecule has 3 atom stereocenters. The molecule has 0 aromatic rings. The van der Waals surface area contributed by atoms with Gasteiger partial charge in [0.15, 0.2) is 0 Å². The summed E-state index contributed by atoms with van der Waals surface area (Å²) in [5.74, 6) is -1.02. The first-order valence-corrected chi connectivity index (χ1v) is 6.25. The SMILES string of the molecule is CCC(N)CC(=O)N1CCCC(C)C1C(=O)O. The summed E-state index contributed by atoms with van der Waals surface area (Å²) in [6.07, 6.45) is 2.71. The first kappa shape index (κ1) is 14.0. The number of amides is 1. The van der Waals surface area contributed by atoms with Gasteiger partial charge in [-0.2, -0.15) is 0 Å². The van der Waals surface area contributed by atoms with Gasteiger partial charge >= 0.3 is 5.97 Å². The maximum Gasteiger partial charge on any atom is 0.326 e. The van der Waals surface area contributed by atoms with Crippen molar-refractivity contribution in [3.05, 3.63) is 0 Å². The van der Waals surface area contributed by atoms with Gasteiger partial charge in [-0.15, -0.1) is 0 Å². The summed E-state index contributed by atoms with van der Waals surface area (Å²) in [5.41, 5.74) is 5.74. The fraction of sp³-hybridized carbons (Fsp3) is 0.833. The third kappa shape index (κ3) is 3.43. The molecular weight excluding hydrogens is 220 g/mol. The van der Waals surface area contributed by atoms with E-state index in [1.807, 2.05) is 13.8 Å². The second kappa shape index (κ2) is 6.00. The van der Waals surface area contributed by atoms with Crippen LogP contribution in [0.1, 0.15) is 39.5 Å². The lowest BCUT2D eigenvalue weighted by Gasteiger charge is -2.37. The van der Waals surface area contributed by atoms with Crippen molar-refractivity contribution in [2.45, 2.75) is 51.6 Å². The molecule has 0 saturated carbocycles. The minimum Gasteiger partial charge on any atom is -0.480 e. The summed E-state index contributed by atoms with van der Waals surface area (Å²) in [5, 5.41) is 9.19. The monoisotopic (exact) mass is 242 g/mol. The van der Waals surface area contributed by atoms with Crippen LogP contribution in [0, 0.1) is 5.92 Å². The van der Waals surface area contributed by atoms with E-state index in [0.717, 1.165) is 19.3 Å². The highest BCUT2D eigenvalue weighted by atomic mass is 16.4. The molecule has 0 radical (unpaired) electrons. The Morgan fingerprint density at radius 2 is 2.18 bits per heavy atom. The van der Waals surface area contributed by atoms with Crippen molar-refractivity contribution in [2.24, 2.45) is 11.7 Å². The molecule has 5 heteroatoms. The van der Waals surface area contributed by atoms with Gasteiger partial charge in [0.25, 0.3) is 0 Å². The van der Waals surface area contributed by atoms with Crippen LogP contribution >= 0.6 is 0 Å². The molecular formula is C12H22N2O3. The van der Waals surface area contributed by atoms with Crippen molar-refractivity contribution in [1.29, 1.82) is 0 Å². The van der Waals surface area contributed by atoms with E-state index >= 15 is 0 Å². The smallest absolute Gasteiger partial charge is 0.326 e. The molecule has 3 N–H and O–H groups in total. The second-order valence-corrected chi connectivity index (χ2v) is 4.86. The van der Waals surface area contributed by atoms with E-state index in [1.54, 1.807) is 0 Å². The maximum absolute atomic E-state index is 12.0. The Labute approximate surface area is 102 Å². The van der Waals surface area contributed by atoms with Gasteiger partial charge in [-0.1, -0.05) is 13.8 Å². The van der Waals surface area contributed by atoms with E-state index in [0.29, 0.717) is 6.54 Å². The number of likely N-dealkylation sites (tertiary alicyclic amines) is 1. The number of nitrogens with two attached hydrogens (primary N) is 1. The summed E-state index contributed by atoms with van der Waals surface area (Å²) in [4.78, 5) is 24.7. The molecule has 1 aliphatic heterocycles. The van der Waals surface area contributed by atoms with Gasteiger partial charge < -0.3 is 15.7 Å². The van der Waals surface area contributed by atoms with E-state index in [2.05, 4.69) is 0 Å². The van der Waals surface area contributed by atoms with E-state index < -0.39 is 12.0 Å². The minimum absolute atomic E-state index is 0.0167. The van der Waals surface area contributed by atoms with Crippen LogP contribution in [0.15, 0.2) is 0 Å². The molecule has 1 heterocycles. The van der Waals surface area contributed by atoms with Crippen LogP contribution in [-0.4, -0.2) is 40.5 Å². The predicted octanol–water partition coefficient (Wildman–Crippen LogP) is 0.825. The molecule has 1 fully saturated rings. The van der Waals surface area contributed by atoms with Gasteiger partial charge in [0.1, 0.15) is 6.04 Å². The lowest BCUT2D eigenvalue weighted by molar-refractivity contribution is -0.154. The Balaban J connectivity index is 2.71. The van der Waals surface area contributed by atoms with E-state index in [4.69, 9.17) is 5.73 Å². The number of carboxylic acid groups (broad SMARTS) is 1. The zero-order chi connectivity index (χ0) is 13.0. The quantitative estimate of drug-likeness (QED) is 0.764. The Bertz CT molecular complexity index is 293. The third-order valence-corrected chi connectivity index (χ3v) is 3.47. The third-order valence-electron chi connectivity index (χ3n) is 3.47. The summed E-state index contributed by atoms with van der Waals surface area (Å²) in [6, 6.07) is -0.852. The van der Waals surface area contributed by atoms with Gasteiger partial charge in [0.2, 0.25) is 5.91 Å². The zero-order valence-corrected chi connectivity index (χ0v) is 10.6. The molecule has 1 rings (SSSR count). The molecule has 0 aromatic carbocycles. The lowest BCUT2D eigenvalue weighted by Crippen LogP contribution is -2.52. The Kier molecular flexibility index (Phi) is 4.93. The molecule has 1 amide bonds. The fourth-order valence-corrected chi connectivity index (χ4v) is 2.33. The van der Waals surface area contributed by atoms with Crippen molar-refractivity contribution in [3.8, 4) is 0 Å². The van der Waals surface area contributed by atoms with Crippen molar-refractivity contribution >= 4 is 11.9 Å². The normalized spacial score (nSPS) is 26.6. The first-order chi connectivity index (χ1) is 7.97. The van der Waals surface area contributed by atoms with Crippen LogP contribution in [0.25, 0.3) is 0 Å². The van der Waals surface area contributed by atoms with Crippen LogP contribution in [-0.2, 0) is 9.59 Å². The molecule has 1 saturated heterocycles. The van der Waals surface area contributed by atoms with Crippen LogP contribution in [0.4, 0.5) is 0 Å². The minimum atomic E-state index is -0.907. The molecule has 1 aliphatic rings. The van der Waals surface area contributed by atoms with Crippen molar-refractivity contribution in [3.63, 3.8) is 0 Å². The fourth-order valence-electron chi connectivity index (χ4n) is 2.33. The number of hydrogen-bond acceptors (Lipinski definition) is 3.